The number of imidazole rings is 1. The summed E-state index contributed by atoms with van der Waals surface area (Å²) in [6.45, 7) is 2.54. The highest BCUT2D eigenvalue weighted by Gasteiger charge is 2.18. The third-order valence-corrected chi connectivity index (χ3v) is 6.06. The fourth-order valence-electron chi connectivity index (χ4n) is 4.34. The van der Waals surface area contributed by atoms with Crippen molar-refractivity contribution < 1.29 is 4.52 Å². The Bertz CT molecular complexity index is 1790. The van der Waals surface area contributed by atoms with Crippen LogP contribution in [0.1, 0.15) is 11.5 Å². The highest BCUT2D eigenvalue weighted by atomic mass is 16.5. The van der Waals surface area contributed by atoms with Crippen molar-refractivity contribution in [2.24, 2.45) is 0 Å². The third-order valence-electron chi connectivity index (χ3n) is 6.06. The van der Waals surface area contributed by atoms with Gasteiger partial charge in [-0.1, -0.05) is 5.16 Å². The van der Waals surface area contributed by atoms with Crippen LogP contribution in [0.15, 0.2) is 70.5 Å². The van der Waals surface area contributed by atoms with Crippen molar-refractivity contribution in [3.05, 3.63) is 83.1 Å². The summed E-state index contributed by atoms with van der Waals surface area (Å²) in [6, 6.07) is 13.1. The summed E-state index contributed by atoms with van der Waals surface area (Å²) in [4.78, 5) is 24.8. The number of anilines is 1. The molecule has 0 aliphatic heterocycles. The summed E-state index contributed by atoms with van der Waals surface area (Å²) in [5, 5.41) is 9.05. The van der Waals surface area contributed by atoms with Crippen LogP contribution in [0.2, 0.25) is 0 Å². The lowest BCUT2D eigenvalue weighted by molar-refractivity contribution is 0.388. The molecule has 11 heteroatoms. The average Bonchev–Trinajstić information content (AvgIpc) is 3.57. The van der Waals surface area contributed by atoms with Crippen LogP contribution in [0, 0.1) is 6.92 Å². The zero-order valence-electron chi connectivity index (χ0n) is 20.0. The molecule has 0 unspecified atom stereocenters. The Hall–Kier alpha value is -4.77. The SMILES string of the molecule is Cc1nn(-c2ccc3onc(N)c3c2)c2c(=O)n(-c3ccc(-n4ccnc4CN(C)C)cc3)cnc12. The van der Waals surface area contributed by atoms with Crippen LogP contribution in [0.25, 0.3) is 39.1 Å². The summed E-state index contributed by atoms with van der Waals surface area (Å²) < 4.78 is 10.3. The fraction of sp³-hybridized carbons (Fsp3) is 0.160. The smallest absolute Gasteiger partial charge is 0.284 e. The van der Waals surface area contributed by atoms with Crippen molar-refractivity contribution >= 4 is 27.8 Å². The molecule has 0 bridgehead atoms. The topological polar surface area (TPSA) is 126 Å². The Morgan fingerprint density at radius 2 is 1.72 bits per heavy atom. The van der Waals surface area contributed by atoms with Crippen LogP contribution in [0.3, 0.4) is 0 Å². The molecule has 4 heterocycles. The molecule has 0 atom stereocenters. The predicted molar refractivity (Wildman–Crippen MR) is 136 cm³/mol. The highest BCUT2D eigenvalue weighted by molar-refractivity contribution is 5.89. The number of aryl methyl sites for hydroxylation is 1. The van der Waals surface area contributed by atoms with Gasteiger partial charge in [0.2, 0.25) is 0 Å². The maximum atomic E-state index is 13.7. The normalized spacial score (nSPS) is 11.8. The van der Waals surface area contributed by atoms with Gasteiger partial charge in [0.05, 0.1) is 29.0 Å². The minimum atomic E-state index is -0.234. The van der Waals surface area contributed by atoms with Gasteiger partial charge >= 0.3 is 0 Å². The van der Waals surface area contributed by atoms with Crippen molar-refractivity contribution in [1.82, 2.24) is 38.9 Å². The van der Waals surface area contributed by atoms with Crippen LogP contribution in [0.5, 0.6) is 0 Å². The van der Waals surface area contributed by atoms with E-state index in [1.54, 1.807) is 29.1 Å². The first kappa shape index (κ1) is 21.7. The third kappa shape index (κ3) is 3.45. The molecule has 2 N–H and O–H groups in total. The number of nitrogens with two attached hydrogens (primary N) is 1. The highest BCUT2D eigenvalue weighted by Crippen LogP contribution is 2.25. The minimum Gasteiger partial charge on any atom is -0.380 e. The van der Waals surface area contributed by atoms with Gasteiger partial charge < -0.3 is 19.7 Å². The quantitative estimate of drug-likeness (QED) is 0.398. The maximum absolute atomic E-state index is 13.7. The van der Waals surface area contributed by atoms with Gasteiger partial charge in [0.1, 0.15) is 17.7 Å². The molecule has 0 saturated carbocycles. The second-order valence-electron chi connectivity index (χ2n) is 8.83. The maximum Gasteiger partial charge on any atom is 0.284 e. The first-order valence-electron chi connectivity index (χ1n) is 11.3. The van der Waals surface area contributed by atoms with E-state index >= 15 is 0 Å². The summed E-state index contributed by atoms with van der Waals surface area (Å²) in [6.07, 6.45) is 5.24. The number of nitrogens with zero attached hydrogens (tertiary/aromatic N) is 8. The second-order valence-corrected chi connectivity index (χ2v) is 8.83. The molecule has 0 fully saturated rings. The van der Waals surface area contributed by atoms with E-state index in [1.807, 2.05) is 56.0 Å². The Morgan fingerprint density at radius 1 is 1.00 bits per heavy atom. The largest absolute Gasteiger partial charge is 0.380 e. The molecule has 6 rings (SSSR count). The van der Waals surface area contributed by atoms with Crippen molar-refractivity contribution in [3.8, 4) is 17.1 Å². The van der Waals surface area contributed by atoms with E-state index in [2.05, 4.69) is 25.1 Å². The van der Waals surface area contributed by atoms with Crippen LogP contribution in [-0.2, 0) is 6.54 Å². The van der Waals surface area contributed by atoms with Gasteiger partial charge in [-0.05, 0) is 63.5 Å². The van der Waals surface area contributed by atoms with Crippen molar-refractivity contribution in [2.45, 2.75) is 13.5 Å². The van der Waals surface area contributed by atoms with Gasteiger partial charge in [0, 0.05) is 18.1 Å². The number of hydrogen-bond donors (Lipinski definition) is 1. The van der Waals surface area contributed by atoms with E-state index in [0.29, 0.717) is 45.6 Å². The van der Waals surface area contributed by atoms with Gasteiger partial charge in [0.25, 0.3) is 5.56 Å². The van der Waals surface area contributed by atoms with Gasteiger partial charge in [0.15, 0.2) is 16.9 Å². The van der Waals surface area contributed by atoms with E-state index in [1.165, 1.54) is 10.9 Å². The van der Waals surface area contributed by atoms with Crippen molar-refractivity contribution in [3.63, 3.8) is 0 Å². The van der Waals surface area contributed by atoms with Crippen LogP contribution < -0.4 is 11.3 Å². The van der Waals surface area contributed by atoms with Gasteiger partial charge in [-0.25, -0.2) is 14.6 Å². The lowest BCUT2D eigenvalue weighted by atomic mass is 10.2. The number of fused-ring (bicyclic) bond motifs is 2. The standard InChI is InChI=1S/C25H23N9O2/c1-15-22-23(34(29-15)18-8-9-20-19(12-18)24(26)30-36-20)25(35)33(14-28-22)17-6-4-16(5-7-17)32-11-10-27-21(32)13-31(2)3/h4-12,14H,13H2,1-3H3,(H2,26,30). The molecule has 2 aromatic carbocycles. The Kier molecular flexibility index (Phi) is 4.93. The Labute approximate surface area is 205 Å². The van der Waals surface area contributed by atoms with E-state index in [9.17, 15) is 4.79 Å². The van der Waals surface area contributed by atoms with Gasteiger partial charge in [-0.3, -0.25) is 9.36 Å². The van der Waals surface area contributed by atoms with Crippen LogP contribution in [-0.4, -0.2) is 53.0 Å². The number of nitrogen functional groups attached to an aromatic ring is 1. The monoisotopic (exact) mass is 481 g/mol. The van der Waals surface area contributed by atoms with Crippen molar-refractivity contribution in [1.29, 1.82) is 0 Å². The molecule has 0 saturated heterocycles. The molecule has 0 aliphatic carbocycles. The Balaban J connectivity index is 1.44. The predicted octanol–water partition coefficient (Wildman–Crippen LogP) is 2.85. The van der Waals surface area contributed by atoms with E-state index in [-0.39, 0.29) is 11.4 Å². The molecule has 180 valence electrons. The summed E-state index contributed by atoms with van der Waals surface area (Å²) in [7, 11) is 4.01. The molecular formula is C25H23N9O2. The zero-order chi connectivity index (χ0) is 25.0. The van der Waals surface area contributed by atoms with Gasteiger partial charge in [-0.15, -0.1) is 0 Å². The molecule has 11 nitrogen and oxygen atoms in total. The summed E-state index contributed by atoms with van der Waals surface area (Å²) in [5.41, 5.74) is 10.1. The summed E-state index contributed by atoms with van der Waals surface area (Å²) in [5.74, 6) is 1.21. The molecule has 0 spiro atoms. The number of hydrogen-bond acceptors (Lipinski definition) is 8. The molecule has 0 amide bonds. The lowest BCUT2D eigenvalue weighted by Crippen LogP contribution is -2.21. The van der Waals surface area contributed by atoms with E-state index in [4.69, 9.17) is 10.3 Å². The van der Waals surface area contributed by atoms with Crippen molar-refractivity contribution in [2.75, 3.05) is 19.8 Å². The molecule has 36 heavy (non-hydrogen) atoms. The number of rotatable bonds is 5. The average molecular weight is 482 g/mol. The van der Waals surface area contributed by atoms with E-state index < -0.39 is 0 Å². The second kappa shape index (κ2) is 8.17. The lowest BCUT2D eigenvalue weighted by Gasteiger charge is -2.13. The van der Waals surface area contributed by atoms with Crippen LogP contribution in [0.4, 0.5) is 5.82 Å². The summed E-state index contributed by atoms with van der Waals surface area (Å²) >= 11 is 0. The molecular weight excluding hydrogens is 458 g/mol. The van der Waals surface area contributed by atoms with E-state index in [0.717, 1.165) is 11.5 Å². The number of benzene rings is 2. The zero-order valence-corrected chi connectivity index (χ0v) is 20.0. The number of aromatic nitrogens is 7. The molecule has 0 radical (unpaired) electrons. The molecule has 6 aromatic rings. The molecule has 4 aromatic heterocycles. The van der Waals surface area contributed by atoms with Crippen LogP contribution >= 0.6 is 0 Å². The first-order valence-corrected chi connectivity index (χ1v) is 11.3. The fourth-order valence-corrected chi connectivity index (χ4v) is 4.34. The van der Waals surface area contributed by atoms with Gasteiger partial charge in [-0.2, -0.15) is 5.10 Å². The first-order chi connectivity index (χ1) is 17.4. The Morgan fingerprint density at radius 3 is 2.47 bits per heavy atom. The molecule has 0 aliphatic rings. The minimum absolute atomic E-state index is 0.234.